The quantitative estimate of drug-likeness (QED) is 0.406. The Bertz CT molecular complexity index is 908. The molecule has 0 unspecified atom stereocenters. The average Bonchev–Trinajstić information content (AvgIpc) is 3.00. The smallest absolute Gasteiger partial charge is 0.140 e. The summed E-state index contributed by atoms with van der Waals surface area (Å²) in [5.41, 5.74) is 0.935. The van der Waals surface area contributed by atoms with Crippen LogP contribution in [0.2, 0.25) is 0 Å². The van der Waals surface area contributed by atoms with E-state index in [1.165, 1.54) is 23.9 Å². The summed E-state index contributed by atoms with van der Waals surface area (Å²) in [5, 5.41) is 8.82. The molecule has 0 saturated heterocycles. The molecule has 23 heavy (non-hydrogen) atoms. The van der Waals surface area contributed by atoms with Crippen molar-refractivity contribution in [3.8, 4) is 0 Å². The first-order chi connectivity index (χ1) is 11.0. The summed E-state index contributed by atoms with van der Waals surface area (Å²) in [6, 6.07) is 7.78. The molecule has 3 rings (SSSR count). The summed E-state index contributed by atoms with van der Waals surface area (Å²) in [7, 11) is 0. The molecule has 0 bridgehead atoms. The van der Waals surface area contributed by atoms with Crippen LogP contribution in [-0.2, 0) is 0 Å². The summed E-state index contributed by atoms with van der Waals surface area (Å²) < 4.78 is 28.8. The van der Waals surface area contributed by atoms with Gasteiger partial charge in [-0.2, -0.15) is 0 Å². The molecule has 0 aliphatic heterocycles. The number of hydrogen-bond acceptors (Lipinski definition) is 3. The van der Waals surface area contributed by atoms with Crippen LogP contribution >= 0.6 is 39.5 Å². The first kappa shape index (κ1) is 16.5. The van der Waals surface area contributed by atoms with Crippen molar-refractivity contribution in [2.45, 2.75) is 9.79 Å². The Hall–Kier alpha value is -1.31. The SMILES string of the molecule is CSC(=N)c1cc(Sc2c(F)cc3[nH]ccc3c2Br)ccc1F. The lowest BCUT2D eigenvalue weighted by molar-refractivity contribution is 0.602. The third-order valence-electron chi connectivity index (χ3n) is 3.31. The van der Waals surface area contributed by atoms with Gasteiger partial charge in [0.2, 0.25) is 0 Å². The van der Waals surface area contributed by atoms with Crippen LogP contribution in [0.15, 0.2) is 50.8 Å². The highest BCUT2D eigenvalue weighted by Gasteiger charge is 2.15. The van der Waals surface area contributed by atoms with Gasteiger partial charge in [0, 0.05) is 32.0 Å². The molecule has 118 valence electrons. The zero-order valence-electron chi connectivity index (χ0n) is 11.9. The van der Waals surface area contributed by atoms with Crippen LogP contribution in [0, 0.1) is 17.0 Å². The van der Waals surface area contributed by atoms with Gasteiger partial charge in [-0.1, -0.05) is 11.8 Å². The van der Waals surface area contributed by atoms with Crippen molar-refractivity contribution in [1.29, 1.82) is 5.41 Å². The molecule has 1 heterocycles. The zero-order chi connectivity index (χ0) is 16.6. The third kappa shape index (κ3) is 3.18. The Labute approximate surface area is 148 Å². The van der Waals surface area contributed by atoms with Crippen LogP contribution in [0.25, 0.3) is 10.9 Å². The van der Waals surface area contributed by atoms with Crippen molar-refractivity contribution < 1.29 is 8.78 Å². The summed E-state index contributed by atoms with van der Waals surface area (Å²) in [6.07, 6.45) is 3.47. The normalized spacial score (nSPS) is 11.1. The fourth-order valence-electron chi connectivity index (χ4n) is 2.18. The number of aromatic amines is 1. The molecule has 0 atom stereocenters. The van der Waals surface area contributed by atoms with Gasteiger partial charge in [-0.25, -0.2) is 8.78 Å². The van der Waals surface area contributed by atoms with Gasteiger partial charge in [-0.15, -0.1) is 11.8 Å². The van der Waals surface area contributed by atoms with Crippen LogP contribution in [0.4, 0.5) is 8.78 Å². The van der Waals surface area contributed by atoms with Crippen LogP contribution in [0.3, 0.4) is 0 Å². The fraction of sp³-hybridized carbons (Fsp3) is 0.0625. The van der Waals surface area contributed by atoms with E-state index < -0.39 is 5.82 Å². The predicted molar refractivity (Wildman–Crippen MR) is 96.8 cm³/mol. The van der Waals surface area contributed by atoms with Gasteiger partial charge < -0.3 is 4.98 Å². The number of thioether (sulfide) groups is 1. The number of halogens is 3. The largest absolute Gasteiger partial charge is 0.361 e. The van der Waals surface area contributed by atoms with Gasteiger partial charge in [-0.05, 0) is 52.5 Å². The maximum Gasteiger partial charge on any atom is 0.140 e. The number of H-pyrrole nitrogens is 1. The number of rotatable bonds is 3. The summed E-state index contributed by atoms with van der Waals surface area (Å²) in [6.45, 7) is 0. The molecule has 0 aliphatic carbocycles. The number of aromatic nitrogens is 1. The minimum atomic E-state index is -0.450. The molecule has 0 amide bonds. The third-order valence-corrected chi connectivity index (χ3v) is 6.12. The highest BCUT2D eigenvalue weighted by atomic mass is 79.9. The first-order valence-electron chi connectivity index (χ1n) is 6.56. The molecule has 2 nitrogen and oxygen atoms in total. The van der Waals surface area contributed by atoms with E-state index in [0.717, 1.165) is 17.1 Å². The Morgan fingerprint density at radius 2 is 1.96 bits per heavy atom. The molecular weight excluding hydrogens is 402 g/mol. The van der Waals surface area contributed by atoms with E-state index in [-0.39, 0.29) is 16.4 Å². The lowest BCUT2D eigenvalue weighted by atomic mass is 10.2. The lowest BCUT2D eigenvalue weighted by Crippen LogP contribution is -1.97. The van der Waals surface area contributed by atoms with Crippen LogP contribution in [0.1, 0.15) is 5.56 Å². The summed E-state index contributed by atoms with van der Waals surface area (Å²) in [4.78, 5) is 4.08. The van der Waals surface area contributed by atoms with E-state index in [0.29, 0.717) is 19.8 Å². The fourth-order valence-corrected chi connectivity index (χ4v) is 4.23. The van der Waals surface area contributed by atoms with Gasteiger partial charge in [-0.3, -0.25) is 5.41 Å². The van der Waals surface area contributed by atoms with Crippen molar-refractivity contribution in [2.75, 3.05) is 6.26 Å². The minimum absolute atomic E-state index is 0.144. The topological polar surface area (TPSA) is 39.6 Å². The Morgan fingerprint density at radius 3 is 2.70 bits per heavy atom. The molecule has 0 radical (unpaired) electrons. The van der Waals surface area contributed by atoms with E-state index in [1.807, 2.05) is 6.07 Å². The second-order valence-corrected chi connectivity index (χ2v) is 7.41. The summed E-state index contributed by atoms with van der Waals surface area (Å²) in [5.74, 6) is -0.808. The molecule has 3 aromatic rings. The maximum atomic E-state index is 14.4. The monoisotopic (exact) mass is 412 g/mol. The van der Waals surface area contributed by atoms with Gasteiger partial charge in [0.25, 0.3) is 0 Å². The molecule has 2 N–H and O–H groups in total. The molecule has 1 aromatic heterocycles. The molecular formula is C16H11BrF2N2S2. The molecule has 7 heteroatoms. The zero-order valence-corrected chi connectivity index (χ0v) is 15.1. The van der Waals surface area contributed by atoms with Crippen LogP contribution in [-0.4, -0.2) is 16.3 Å². The van der Waals surface area contributed by atoms with E-state index in [4.69, 9.17) is 5.41 Å². The molecule has 0 saturated carbocycles. The number of nitrogens with one attached hydrogen (secondary N) is 2. The van der Waals surface area contributed by atoms with Gasteiger partial charge in [0.1, 0.15) is 11.6 Å². The van der Waals surface area contributed by atoms with Gasteiger partial charge >= 0.3 is 0 Å². The molecule has 2 aromatic carbocycles. The van der Waals surface area contributed by atoms with Crippen molar-refractivity contribution in [1.82, 2.24) is 4.98 Å². The number of fused-ring (bicyclic) bond motifs is 1. The number of benzene rings is 2. The van der Waals surface area contributed by atoms with E-state index >= 15 is 0 Å². The minimum Gasteiger partial charge on any atom is -0.361 e. The molecule has 0 spiro atoms. The predicted octanol–water partition coefficient (Wildman–Crippen LogP) is 6.05. The van der Waals surface area contributed by atoms with Crippen LogP contribution in [0.5, 0.6) is 0 Å². The van der Waals surface area contributed by atoms with E-state index in [9.17, 15) is 8.78 Å². The molecule has 0 fully saturated rings. The highest BCUT2D eigenvalue weighted by Crippen LogP contribution is 2.40. The van der Waals surface area contributed by atoms with Crippen molar-refractivity contribution in [2.24, 2.45) is 0 Å². The highest BCUT2D eigenvalue weighted by molar-refractivity contribution is 9.10. The Morgan fingerprint density at radius 1 is 1.17 bits per heavy atom. The van der Waals surface area contributed by atoms with E-state index in [1.54, 1.807) is 24.6 Å². The van der Waals surface area contributed by atoms with Crippen molar-refractivity contribution >= 4 is 55.4 Å². The van der Waals surface area contributed by atoms with Gasteiger partial charge in [0.05, 0.1) is 9.94 Å². The first-order valence-corrected chi connectivity index (χ1v) is 9.40. The standard InChI is InChI=1S/C16H11BrF2N2S2/c1-22-16(20)10-6-8(2-3-11(10)18)23-15-12(19)7-13-9(14(15)17)4-5-21-13/h2-7,20-21H,1H3. The van der Waals surface area contributed by atoms with Gasteiger partial charge in [0.15, 0.2) is 0 Å². The molecule has 0 aliphatic rings. The lowest BCUT2D eigenvalue weighted by Gasteiger charge is -2.09. The Kier molecular flexibility index (Phi) is 4.79. The maximum absolute atomic E-state index is 14.4. The van der Waals surface area contributed by atoms with Crippen molar-refractivity contribution in [3.05, 3.63) is 58.2 Å². The summed E-state index contributed by atoms with van der Waals surface area (Å²) >= 11 is 5.81. The second kappa shape index (κ2) is 6.67. The van der Waals surface area contributed by atoms with E-state index in [2.05, 4.69) is 20.9 Å². The van der Waals surface area contributed by atoms with Crippen molar-refractivity contribution in [3.63, 3.8) is 0 Å². The average molecular weight is 413 g/mol. The second-order valence-electron chi connectivity index (χ2n) is 4.72. The Balaban J connectivity index is 2.04. The number of hydrogen-bond donors (Lipinski definition) is 2. The van der Waals surface area contributed by atoms with Crippen LogP contribution < -0.4 is 0 Å².